The molecular formula is C29H40. The van der Waals surface area contributed by atoms with E-state index < -0.39 is 0 Å². The van der Waals surface area contributed by atoms with Crippen molar-refractivity contribution in [3.8, 4) is 0 Å². The minimum atomic E-state index is 0.589. The van der Waals surface area contributed by atoms with E-state index in [1.54, 1.807) is 0 Å². The van der Waals surface area contributed by atoms with E-state index >= 15 is 0 Å². The molecule has 0 amide bonds. The maximum Gasteiger partial charge on any atom is -0.0146 e. The Bertz CT molecular complexity index is 879. The van der Waals surface area contributed by atoms with Gasteiger partial charge in [0.1, 0.15) is 0 Å². The van der Waals surface area contributed by atoms with Gasteiger partial charge in [0.05, 0.1) is 0 Å². The average Bonchev–Trinajstić information content (AvgIpc) is 2.66. The zero-order chi connectivity index (χ0) is 21.7. The SMILES string of the molecule is CC(C)c1ccc(C(C)C)c2ccccc12.Cc1cc(C(C)C)ccc1C(C)C. The van der Waals surface area contributed by atoms with Gasteiger partial charge in [-0.15, -0.1) is 0 Å². The van der Waals surface area contributed by atoms with Crippen molar-refractivity contribution in [2.24, 2.45) is 0 Å². The lowest BCUT2D eigenvalue weighted by molar-refractivity contribution is 0.835. The van der Waals surface area contributed by atoms with Gasteiger partial charge in [0, 0.05) is 0 Å². The molecule has 0 nitrogen and oxygen atoms in total. The van der Waals surface area contributed by atoms with Gasteiger partial charge in [-0.25, -0.2) is 0 Å². The molecule has 0 N–H and O–H groups in total. The van der Waals surface area contributed by atoms with Crippen LogP contribution in [0.2, 0.25) is 0 Å². The quantitative estimate of drug-likeness (QED) is 0.417. The highest BCUT2D eigenvalue weighted by molar-refractivity contribution is 5.89. The summed E-state index contributed by atoms with van der Waals surface area (Å²) in [7, 11) is 0. The number of rotatable bonds is 4. The number of hydrogen-bond donors (Lipinski definition) is 0. The van der Waals surface area contributed by atoms with E-state index in [0.717, 1.165) is 0 Å². The fourth-order valence-electron chi connectivity index (χ4n) is 4.06. The number of hydrogen-bond acceptors (Lipinski definition) is 0. The van der Waals surface area contributed by atoms with Crippen LogP contribution >= 0.6 is 0 Å². The maximum absolute atomic E-state index is 2.32. The molecule has 0 aliphatic carbocycles. The highest BCUT2D eigenvalue weighted by Crippen LogP contribution is 2.31. The first-order chi connectivity index (χ1) is 13.6. The molecule has 0 atom stereocenters. The third kappa shape index (κ3) is 5.72. The monoisotopic (exact) mass is 388 g/mol. The predicted octanol–water partition coefficient (Wildman–Crippen LogP) is 9.33. The molecule has 0 bridgehead atoms. The Morgan fingerprint density at radius 1 is 0.483 bits per heavy atom. The molecule has 156 valence electrons. The van der Waals surface area contributed by atoms with Crippen molar-refractivity contribution < 1.29 is 0 Å². The first-order valence-electron chi connectivity index (χ1n) is 11.2. The summed E-state index contributed by atoms with van der Waals surface area (Å²) in [6.45, 7) is 20.2. The highest BCUT2D eigenvalue weighted by Gasteiger charge is 2.10. The van der Waals surface area contributed by atoms with E-state index in [1.807, 2.05) is 0 Å². The first kappa shape index (κ1) is 23.2. The zero-order valence-corrected chi connectivity index (χ0v) is 20.0. The van der Waals surface area contributed by atoms with Crippen LogP contribution in [0.3, 0.4) is 0 Å². The lowest BCUT2D eigenvalue weighted by Gasteiger charge is -2.15. The second-order valence-corrected chi connectivity index (χ2v) is 9.52. The maximum atomic E-state index is 2.32. The molecule has 0 radical (unpaired) electrons. The third-order valence-electron chi connectivity index (χ3n) is 5.82. The van der Waals surface area contributed by atoms with Gasteiger partial charge < -0.3 is 0 Å². The van der Waals surface area contributed by atoms with Gasteiger partial charge >= 0.3 is 0 Å². The van der Waals surface area contributed by atoms with Crippen molar-refractivity contribution in [2.75, 3.05) is 0 Å². The van der Waals surface area contributed by atoms with Crippen LogP contribution in [0.4, 0.5) is 0 Å². The second kappa shape index (κ2) is 10.1. The Balaban J connectivity index is 0.000000212. The molecule has 3 aromatic carbocycles. The minimum Gasteiger partial charge on any atom is -0.0616 e. The Kier molecular flexibility index (Phi) is 8.08. The fourth-order valence-corrected chi connectivity index (χ4v) is 4.06. The summed E-state index contributed by atoms with van der Waals surface area (Å²) >= 11 is 0. The van der Waals surface area contributed by atoms with Gasteiger partial charge in [0.25, 0.3) is 0 Å². The zero-order valence-electron chi connectivity index (χ0n) is 20.0. The van der Waals surface area contributed by atoms with Gasteiger partial charge in [0.15, 0.2) is 0 Å². The largest absolute Gasteiger partial charge is 0.0616 e. The van der Waals surface area contributed by atoms with Crippen LogP contribution in [0.15, 0.2) is 54.6 Å². The van der Waals surface area contributed by atoms with Crippen LogP contribution in [-0.2, 0) is 0 Å². The molecule has 0 unspecified atom stereocenters. The molecule has 0 saturated carbocycles. The average molecular weight is 389 g/mol. The van der Waals surface area contributed by atoms with Crippen molar-refractivity contribution in [1.29, 1.82) is 0 Å². The molecule has 29 heavy (non-hydrogen) atoms. The standard InChI is InChI=1S/C16H20.C13H20/c1-11(2)13-9-10-14(12(3)4)16-8-6-5-7-15(13)16;1-9(2)12-6-7-13(10(3)4)11(5)8-12/h5-12H,1-4H3;6-10H,1-5H3. The second-order valence-electron chi connectivity index (χ2n) is 9.52. The van der Waals surface area contributed by atoms with Crippen LogP contribution < -0.4 is 0 Å². The summed E-state index contributed by atoms with van der Waals surface area (Å²) in [4.78, 5) is 0. The van der Waals surface area contributed by atoms with E-state index in [4.69, 9.17) is 0 Å². The number of fused-ring (bicyclic) bond motifs is 1. The summed E-state index contributed by atoms with van der Waals surface area (Å²) in [5.41, 5.74) is 7.27. The number of benzene rings is 3. The Labute approximate surface area is 179 Å². The van der Waals surface area contributed by atoms with Crippen molar-refractivity contribution in [1.82, 2.24) is 0 Å². The van der Waals surface area contributed by atoms with Crippen molar-refractivity contribution in [3.63, 3.8) is 0 Å². The number of aryl methyl sites for hydroxylation is 1. The molecule has 0 aromatic heterocycles. The summed E-state index contributed by atoms with van der Waals surface area (Å²) in [6.07, 6.45) is 0. The Hall–Kier alpha value is -2.08. The van der Waals surface area contributed by atoms with Crippen molar-refractivity contribution >= 4 is 10.8 Å². The van der Waals surface area contributed by atoms with Crippen LogP contribution in [-0.4, -0.2) is 0 Å². The van der Waals surface area contributed by atoms with Gasteiger partial charge in [-0.1, -0.05) is 110 Å². The molecule has 3 rings (SSSR count). The normalized spacial score (nSPS) is 11.5. The molecule has 0 saturated heterocycles. The van der Waals surface area contributed by atoms with Crippen LogP contribution in [0, 0.1) is 6.92 Å². The van der Waals surface area contributed by atoms with E-state index in [1.165, 1.54) is 38.6 Å². The third-order valence-corrected chi connectivity index (χ3v) is 5.82. The van der Waals surface area contributed by atoms with Gasteiger partial charge in [-0.3, -0.25) is 0 Å². The Morgan fingerprint density at radius 3 is 1.24 bits per heavy atom. The summed E-state index contributed by atoms with van der Waals surface area (Å²) in [6, 6.07) is 20.2. The molecule has 3 aromatic rings. The molecule has 0 fully saturated rings. The van der Waals surface area contributed by atoms with E-state index in [-0.39, 0.29) is 0 Å². The van der Waals surface area contributed by atoms with Crippen LogP contribution in [0.25, 0.3) is 10.8 Å². The lowest BCUT2D eigenvalue weighted by atomic mass is 9.89. The van der Waals surface area contributed by atoms with Crippen LogP contribution in [0.1, 0.15) is 107 Å². The molecular weight excluding hydrogens is 348 g/mol. The Morgan fingerprint density at radius 2 is 0.897 bits per heavy atom. The first-order valence-corrected chi connectivity index (χ1v) is 11.2. The van der Waals surface area contributed by atoms with Crippen molar-refractivity contribution in [2.45, 2.75) is 86.0 Å². The molecule has 0 heterocycles. The molecule has 0 aliphatic rings. The molecule has 0 spiro atoms. The summed E-state index contributed by atoms with van der Waals surface area (Å²) < 4.78 is 0. The minimum absolute atomic E-state index is 0.589. The van der Waals surface area contributed by atoms with Gasteiger partial charge in [-0.05, 0) is 69.2 Å². The summed E-state index contributed by atoms with van der Waals surface area (Å²) in [5.74, 6) is 2.46. The van der Waals surface area contributed by atoms with Gasteiger partial charge in [-0.2, -0.15) is 0 Å². The smallest absolute Gasteiger partial charge is 0.0146 e. The highest BCUT2D eigenvalue weighted by atomic mass is 14.1. The van der Waals surface area contributed by atoms with E-state index in [0.29, 0.717) is 23.7 Å². The van der Waals surface area contributed by atoms with Crippen molar-refractivity contribution in [3.05, 3.63) is 82.4 Å². The fraction of sp³-hybridized carbons (Fsp3) is 0.448. The topological polar surface area (TPSA) is 0 Å². The van der Waals surface area contributed by atoms with E-state index in [9.17, 15) is 0 Å². The summed E-state index contributed by atoms with van der Waals surface area (Å²) in [5, 5.41) is 2.84. The molecule has 0 aliphatic heterocycles. The molecule has 0 heteroatoms. The van der Waals surface area contributed by atoms with Gasteiger partial charge in [0.2, 0.25) is 0 Å². The van der Waals surface area contributed by atoms with Crippen LogP contribution in [0.5, 0.6) is 0 Å². The predicted molar refractivity (Wildman–Crippen MR) is 131 cm³/mol. The van der Waals surface area contributed by atoms with E-state index in [2.05, 4.69) is 117 Å². The lowest BCUT2D eigenvalue weighted by Crippen LogP contribution is -1.95.